The van der Waals surface area contributed by atoms with Crippen LogP contribution in [0, 0.1) is 0 Å². The van der Waals surface area contributed by atoms with Crippen LogP contribution in [0.25, 0.3) is 11.0 Å². The molecule has 2 rings (SSSR count). The molecule has 1 heterocycles. The number of hydrogen-bond donors (Lipinski definition) is 3. The lowest BCUT2D eigenvalue weighted by Gasteiger charge is -2.10. The molecular weight excluding hydrogens is 272 g/mol. The summed E-state index contributed by atoms with van der Waals surface area (Å²) in [4.78, 5) is 27.0. The van der Waals surface area contributed by atoms with Gasteiger partial charge in [0.05, 0.1) is 22.9 Å². The molecule has 0 aliphatic carbocycles. The average Bonchev–Trinajstić information content (AvgIpc) is 2.27. The minimum Gasteiger partial charge on any atom is -0.387 e. The second-order valence-electron chi connectivity index (χ2n) is 4.32. The Morgan fingerprint density at radius 2 is 1.74 bits per heavy atom. The van der Waals surface area contributed by atoms with Gasteiger partial charge in [0.1, 0.15) is 9.84 Å². The third-order valence-electron chi connectivity index (χ3n) is 2.59. The molecule has 0 bridgehead atoms. The number of aliphatic hydroxyl groups excluding tert-OH is 1. The molecule has 0 radical (unpaired) electrons. The summed E-state index contributed by atoms with van der Waals surface area (Å²) in [6.45, 7) is 0. The Hall–Kier alpha value is -1.93. The van der Waals surface area contributed by atoms with Crippen molar-refractivity contribution in [3.63, 3.8) is 0 Å². The molecule has 0 aliphatic heterocycles. The van der Waals surface area contributed by atoms with Crippen molar-refractivity contribution in [1.82, 2.24) is 9.97 Å². The fourth-order valence-electron chi connectivity index (χ4n) is 1.72. The Kier molecular flexibility index (Phi) is 3.29. The molecule has 7 nitrogen and oxygen atoms in total. The van der Waals surface area contributed by atoms with E-state index in [9.17, 15) is 23.1 Å². The number of fused-ring (bicyclic) bond motifs is 1. The van der Waals surface area contributed by atoms with Crippen LogP contribution in [0.15, 0.2) is 27.8 Å². The van der Waals surface area contributed by atoms with Crippen molar-refractivity contribution < 1.29 is 13.5 Å². The van der Waals surface area contributed by atoms with Gasteiger partial charge in [-0.3, -0.25) is 9.59 Å². The molecule has 1 unspecified atom stereocenters. The van der Waals surface area contributed by atoms with Gasteiger partial charge in [-0.15, -0.1) is 0 Å². The van der Waals surface area contributed by atoms with E-state index < -0.39 is 32.8 Å². The third kappa shape index (κ3) is 3.09. The number of H-pyrrole nitrogens is 2. The minimum absolute atomic E-state index is 0.328. The van der Waals surface area contributed by atoms with Crippen LogP contribution in [0.5, 0.6) is 0 Å². The van der Waals surface area contributed by atoms with Crippen molar-refractivity contribution in [3.05, 3.63) is 44.5 Å². The van der Waals surface area contributed by atoms with Crippen LogP contribution in [0.1, 0.15) is 11.7 Å². The van der Waals surface area contributed by atoms with Gasteiger partial charge in [0.15, 0.2) is 0 Å². The SMILES string of the molecule is CS(=O)(=O)CC(O)c1ccc2[nH]c(=O)c(=O)[nH]c2c1. The van der Waals surface area contributed by atoms with Gasteiger partial charge in [0, 0.05) is 6.26 Å². The molecule has 0 amide bonds. The number of aliphatic hydroxyl groups is 1. The van der Waals surface area contributed by atoms with Crippen LogP contribution in [0.4, 0.5) is 0 Å². The monoisotopic (exact) mass is 284 g/mol. The van der Waals surface area contributed by atoms with E-state index in [1.54, 1.807) is 0 Å². The first kappa shape index (κ1) is 13.5. The van der Waals surface area contributed by atoms with E-state index in [1.165, 1.54) is 18.2 Å². The second-order valence-corrected chi connectivity index (χ2v) is 6.51. The molecule has 1 aromatic carbocycles. The molecule has 0 saturated carbocycles. The van der Waals surface area contributed by atoms with Crippen molar-refractivity contribution in [2.24, 2.45) is 0 Å². The zero-order valence-corrected chi connectivity index (χ0v) is 10.8. The molecule has 1 atom stereocenters. The second kappa shape index (κ2) is 4.63. The summed E-state index contributed by atoms with van der Waals surface area (Å²) in [5, 5.41) is 9.80. The van der Waals surface area contributed by atoms with Crippen molar-refractivity contribution >= 4 is 20.9 Å². The van der Waals surface area contributed by atoms with Crippen molar-refractivity contribution in [2.75, 3.05) is 12.0 Å². The molecule has 0 saturated heterocycles. The summed E-state index contributed by atoms with van der Waals surface area (Å²) < 4.78 is 22.2. The summed E-state index contributed by atoms with van der Waals surface area (Å²) in [6, 6.07) is 4.42. The number of nitrogens with one attached hydrogen (secondary N) is 2. The van der Waals surface area contributed by atoms with E-state index in [-0.39, 0.29) is 0 Å². The average molecular weight is 284 g/mol. The fraction of sp³-hybridized carbons (Fsp3) is 0.273. The molecule has 19 heavy (non-hydrogen) atoms. The molecule has 0 fully saturated rings. The lowest BCUT2D eigenvalue weighted by atomic mass is 10.1. The Morgan fingerprint density at radius 1 is 1.16 bits per heavy atom. The number of aromatic amines is 2. The van der Waals surface area contributed by atoms with E-state index in [2.05, 4.69) is 9.97 Å². The van der Waals surface area contributed by atoms with Gasteiger partial charge >= 0.3 is 11.1 Å². The number of rotatable bonds is 3. The van der Waals surface area contributed by atoms with Crippen LogP contribution >= 0.6 is 0 Å². The van der Waals surface area contributed by atoms with Crippen molar-refractivity contribution in [2.45, 2.75) is 6.10 Å². The topological polar surface area (TPSA) is 120 Å². The van der Waals surface area contributed by atoms with Crippen LogP contribution in [0.3, 0.4) is 0 Å². The van der Waals surface area contributed by atoms with Crippen molar-refractivity contribution in [3.8, 4) is 0 Å². The molecule has 2 aromatic rings. The third-order valence-corrected chi connectivity index (χ3v) is 3.51. The first-order valence-corrected chi connectivity index (χ1v) is 7.44. The predicted octanol–water partition coefficient (Wildman–Crippen LogP) is -0.706. The fourth-order valence-corrected chi connectivity index (χ4v) is 2.49. The van der Waals surface area contributed by atoms with Gasteiger partial charge in [-0.25, -0.2) is 8.42 Å². The maximum absolute atomic E-state index is 11.2. The predicted molar refractivity (Wildman–Crippen MR) is 69.9 cm³/mol. The van der Waals surface area contributed by atoms with E-state index in [0.29, 0.717) is 16.6 Å². The van der Waals surface area contributed by atoms with Gasteiger partial charge in [-0.05, 0) is 17.7 Å². The van der Waals surface area contributed by atoms with Gasteiger partial charge in [-0.1, -0.05) is 6.07 Å². The summed E-state index contributed by atoms with van der Waals surface area (Å²) in [5.74, 6) is -0.411. The summed E-state index contributed by atoms with van der Waals surface area (Å²) >= 11 is 0. The number of benzene rings is 1. The first-order valence-electron chi connectivity index (χ1n) is 5.38. The normalized spacial score (nSPS) is 13.6. The summed E-state index contributed by atoms with van der Waals surface area (Å²) in [7, 11) is -3.32. The largest absolute Gasteiger partial charge is 0.387 e. The van der Waals surface area contributed by atoms with Crippen LogP contribution < -0.4 is 11.1 Å². The lowest BCUT2D eigenvalue weighted by molar-refractivity contribution is 0.202. The number of sulfone groups is 1. The maximum Gasteiger partial charge on any atom is 0.314 e. The van der Waals surface area contributed by atoms with E-state index in [4.69, 9.17) is 0 Å². The molecule has 0 spiro atoms. The van der Waals surface area contributed by atoms with Crippen molar-refractivity contribution in [1.29, 1.82) is 0 Å². The Balaban J connectivity index is 2.50. The van der Waals surface area contributed by atoms with E-state index in [1.807, 2.05) is 0 Å². The molecular formula is C11H12N2O5S. The number of hydrogen-bond acceptors (Lipinski definition) is 5. The maximum atomic E-state index is 11.2. The molecule has 3 N–H and O–H groups in total. The lowest BCUT2D eigenvalue weighted by Crippen LogP contribution is -2.29. The van der Waals surface area contributed by atoms with E-state index in [0.717, 1.165) is 6.26 Å². The van der Waals surface area contributed by atoms with Gasteiger partial charge in [0.25, 0.3) is 0 Å². The zero-order valence-electron chi connectivity index (χ0n) is 10.0. The Bertz CT molecular complexity index is 834. The van der Waals surface area contributed by atoms with Gasteiger partial charge in [0.2, 0.25) is 0 Å². The molecule has 1 aromatic heterocycles. The number of aromatic nitrogens is 2. The Labute approximate surface area is 107 Å². The zero-order chi connectivity index (χ0) is 14.2. The molecule has 102 valence electrons. The highest BCUT2D eigenvalue weighted by molar-refractivity contribution is 7.90. The molecule has 0 aliphatic rings. The van der Waals surface area contributed by atoms with Crippen LogP contribution in [-0.2, 0) is 9.84 Å². The highest BCUT2D eigenvalue weighted by Gasteiger charge is 2.15. The summed E-state index contributed by atoms with van der Waals surface area (Å²) in [6.07, 6.45) is -0.161. The van der Waals surface area contributed by atoms with Gasteiger partial charge < -0.3 is 15.1 Å². The summed E-state index contributed by atoms with van der Waals surface area (Å²) in [5.41, 5.74) is -0.491. The quantitative estimate of drug-likeness (QED) is 0.643. The molecule has 8 heteroatoms. The van der Waals surface area contributed by atoms with Crippen LogP contribution in [-0.4, -0.2) is 35.5 Å². The van der Waals surface area contributed by atoms with E-state index >= 15 is 0 Å². The Morgan fingerprint density at radius 3 is 2.32 bits per heavy atom. The standard InChI is InChI=1S/C11H12N2O5S/c1-19(17,18)5-9(14)6-2-3-7-8(4-6)13-11(16)10(15)12-7/h2-4,9,14H,5H2,1H3,(H,12,15)(H,13,16). The van der Waals surface area contributed by atoms with Crippen LogP contribution in [0.2, 0.25) is 0 Å². The van der Waals surface area contributed by atoms with Gasteiger partial charge in [-0.2, -0.15) is 0 Å². The smallest absolute Gasteiger partial charge is 0.314 e. The highest BCUT2D eigenvalue weighted by atomic mass is 32.2. The minimum atomic E-state index is -3.32. The first-order chi connectivity index (χ1) is 8.76. The highest BCUT2D eigenvalue weighted by Crippen LogP contribution is 2.18.